The molecule has 2 rings (SSSR count). The molecule has 0 heterocycles. The fourth-order valence-electron chi connectivity index (χ4n) is 2.46. The van der Waals surface area contributed by atoms with E-state index in [1.165, 1.54) is 22.3 Å². The highest BCUT2D eigenvalue weighted by Gasteiger charge is 1.99. The summed E-state index contributed by atoms with van der Waals surface area (Å²) in [5.74, 6) is 0.530. The van der Waals surface area contributed by atoms with Crippen LogP contribution >= 0.6 is 0 Å². The van der Waals surface area contributed by atoms with Gasteiger partial charge in [0.15, 0.2) is 5.96 Å². The van der Waals surface area contributed by atoms with Crippen LogP contribution in [0.4, 0.5) is 0 Å². The van der Waals surface area contributed by atoms with Crippen LogP contribution in [-0.4, -0.2) is 19.0 Å². The van der Waals surface area contributed by atoms with Gasteiger partial charge in [-0.2, -0.15) is 0 Å². The maximum Gasteiger partial charge on any atom is 0.188 e. The predicted molar refractivity (Wildman–Crippen MR) is 94.3 cm³/mol. The fourth-order valence-corrected chi connectivity index (χ4v) is 2.46. The quantitative estimate of drug-likeness (QED) is 0.636. The lowest BCUT2D eigenvalue weighted by Crippen LogP contribution is -2.33. The number of nitrogens with zero attached hydrogens (tertiary/aromatic N) is 1. The number of rotatable bonds is 6. The van der Waals surface area contributed by atoms with E-state index in [1.807, 2.05) is 0 Å². The van der Waals surface area contributed by atoms with Crippen molar-refractivity contribution in [2.24, 2.45) is 10.7 Å². The lowest BCUT2D eigenvalue weighted by molar-refractivity contribution is 0.839. The Hall–Kier alpha value is -2.29. The van der Waals surface area contributed by atoms with E-state index < -0.39 is 0 Å². The van der Waals surface area contributed by atoms with Gasteiger partial charge in [-0.1, -0.05) is 48.5 Å². The minimum Gasteiger partial charge on any atom is -0.370 e. The molecule has 116 valence electrons. The molecule has 0 aliphatic rings. The molecule has 0 radical (unpaired) electrons. The molecule has 0 bridgehead atoms. The largest absolute Gasteiger partial charge is 0.370 e. The third-order valence-electron chi connectivity index (χ3n) is 3.89. The highest BCUT2D eigenvalue weighted by atomic mass is 15.1. The Balaban J connectivity index is 1.74. The first kappa shape index (κ1) is 16.1. The van der Waals surface area contributed by atoms with E-state index in [1.54, 1.807) is 0 Å². The van der Waals surface area contributed by atoms with Crippen molar-refractivity contribution < 1.29 is 0 Å². The molecule has 0 aliphatic carbocycles. The van der Waals surface area contributed by atoms with Gasteiger partial charge in [0.2, 0.25) is 0 Å². The number of nitrogens with one attached hydrogen (secondary N) is 1. The first-order valence-electron chi connectivity index (χ1n) is 7.79. The van der Waals surface area contributed by atoms with Crippen molar-refractivity contribution in [3.05, 3.63) is 70.8 Å². The molecule has 0 atom stereocenters. The van der Waals surface area contributed by atoms with Gasteiger partial charge in [0.25, 0.3) is 0 Å². The third kappa shape index (κ3) is 4.92. The van der Waals surface area contributed by atoms with Crippen LogP contribution in [-0.2, 0) is 12.8 Å². The average molecular weight is 295 g/mol. The number of hydrogen-bond donors (Lipinski definition) is 2. The van der Waals surface area contributed by atoms with Gasteiger partial charge >= 0.3 is 0 Å². The van der Waals surface area contributed by atoms with E-state index in [4.69, 9.17) is 5.73 Å². The molecule has 0 saturated heterocycles. The molecule has 3 nitrogen and oxygen atoms in total. The molecule has 0 spiro atoms. The molecule has 0 aromatic heterocycles. The smallest absolute Gasteiger partial charge is 0.188 e. The molecule has 0 saturated carbocycles. The number of nitrogens with two attached hydrogens (primary N) is 1. The van der Waals surface area contributed by atoms with E-state index in [0.29, 0.717) is 12.5 Å². The van der Waals surface area contributed by atoms with Crippen molar-refractivity contribution in [2.45, 2.75) is 26.7 Å². The summed E-state index contributed by atoms with van der Waals surface area (Å²) in [5, 5.41) is 3.19. The number of aryl methyl sites for hydroxylation is 2. The minimum atomic E-state index is 0.530. The van der Waals surface area contributed by atoms with Crippen molar-refractivity contribution in [1.29, 1.82) is 0 Å². The van der Waals surface area contributed by atoms with Gasteiger partial charge in [-0.25, -0.2) is 0 Å². The van der Waals surface area contributed by atoms with E-state index in [0.717, 1.165) is 19.4 Å². The van der Waals surface area contributed by atoms with Crippen molar-refractivity contribution in [1.82, 2.24) is 5.32 Å². The molecular formula is C19H25N3. The Morgan fingerprint density at radius 3 is 2.05 bits per heavy atom. The number of benzene rings is 2. The van der Waals surface area contributed by atoms with Crippen LogP contribution < -0.4 is 11.1 Å². The molecular weight excluding hydrogens is 270 g/mol. The minimum absolute atomic E-state index is 0.530. The van der Waals surface area contributed by atoms with Crippen molar-refractivity contribution in [3.63, 3.8) is 0 Å². The summed E-state index contributed by atoms with van der Waals surface area (Å²) in [6.07, 6.45) is 1.88. The Bertz CT molecular complexity index is 632. The predicted octanol–water partition coefficient (Wildman–Crippen LogP) is 2.99. The van der Waals surface area contributed by atoms with E-state index in [-0.39, 0.29) is 0 Å². The third-order valence-corrected chi connectivity index (χ3v) is 3.89. The second-order valence-electron chi connectivity index (χ2n) is 5.55. The van der Waals surface area contributed by atoms with Crippen molar-refractivity contribution >= 4 is 5.96 Å². The summed E-state index contributed by atoms with van der Waals surface area (Å²) in [5.41, 5.74) is 11.2. The van der Waals surface area contributed by atoms with Crippen molar-refractivity contribution in [2.75, 3.05) is 13.1 Å². The topological polar surface area (TPSA) is 50.4 Å². The zero-order valence-electron chi connectivity index (χ0n) is 13.5. The van der Waals surface area contributed by atoms with E-state index >= 15 is 0 Å². The van der Waals surface area contributed by atoms with Crippen molar-refractivity contribution in [3.8, 4) is 0 Å². The first-order valence-corrected chi connectivity index (χ1v) is 7.79. The maximum absolute atomic E-state index is 5.92. The summed E-state index contributed by atoms with van der Waals surface area (Å²) in [6, 6.07) is 16.8. The summed E-state index contributed by atoms with van der Waals surface area (Å²) in [6.45, 7) is 5.79. The number of aliphatic imine (C=N–C) groups is 1. The second kappa shape index (κ2) is 8.23. The Labute approximate surface area is 133 Å². The SMILES string of the molecule is Cc1ccccc1CCN=C(N)NCCc1ccccc1C. The Morgan fingerprint density at radius 2 is 1.45 bits per heavy atom. The van der Waals surface area contributed by atoms with Gasteiger partial charge in [-0.3, -0.25) is 4.99 Å². The van der Waals surface area contributed by atoms with Crippen LogP contribution in [0, 0.1) is 13.8 Å². The molecule has 0 fully saturated rings. The monoisotopic (exact) mass is 295 g/mol. The molecule has 0 unspecified atom stereocenters. The lowest BCUT2D eigenvalue weighted by atomic mass is 10.1. The Kier molecular flexibility index (Phi) is 6.01. The highest BCUT2D eigenvalue weighted by Crippen LogP contribution is 2.08. The fraction of sp³-hybridized carbons (Fsp3) is 0.316. The molecule has 0 aliphatic heterocycles. The zero-order chi connectivity index (χ0) is 15.8. The lowest BCUT2D eigenvalue weighted by Gasteiger charge is -2.08. The van der Waals surface area contributed by atoms with Gasteiger partial charge < -0.3 is 11.1 Å². The highest BCUT2D eigenvalue weighted by molar-refractivity contribution is 5.77. The molecule has 3 N–H and O–H groups in total. The second-order valence-corrected chi connectivity index (χ2v) is 5.55. The van der Waals surface area contributed by atoms with E-state index in [2.05, 4.69) is 72.7 Å². The van der Waals surface area contributed by atoms with Crippen LogP contribution in [0.1, 0.15) is 22.3 Å². The maximum atomic E-state index is 5.92. The van der Waals surface area contributed by atoms with Gasteiger partial charge in [0.05, 0.1) is 0 Å². The molecule has 22 heavy (non-hydrogen) atoms. The van der Waals surface area contributed by atoms with Crippen LogP contribution in [0.3, 0.4) is 0 Å². The molecule has 0 amide bonds. The molecule has 2 aromatic rings. The Morgan fingerprint density at radius 1 is 0.909 bits per heavy atom. The van der Waals surface area contributed by atoms with Crippen LogP contribution in [0.15, 0.2) is 53.5 Å². The average Bonchev–Trinajstić information content (AvgIpc) is 2.51. The first-order chi connectivity index (χ1) is 10.7. The summed E-state index contributed by atoms with van der Waals surface area (Å²) >= 11 is 0. The number of hydrogen-bond acceptors (Lipinski definition) is 1. The van der Waals surface area contributed by atoms with Gasteiger partial charge in [0.1, 0.15) is 0 Å². The summed E-state index contributed by atoms with van der Waals surface area (Å²) in [7, 11) is 0. The van der Waals surface area contributed by atoms with Gasteiger partial charge in [-0.05, 0) is 48.9 Å². The van der Waals surface area contributed by atoms with Gasteiger partial charge in [0, 0.05) is 13.1 Å². The zero-order valence-corrected chi connectivity index (χ0v) is 13.5. The number of guanidine groups is 1. The van der Waals surface area contributed by atoms with Crippen LogP contribution in [0.25, 0.3) is 0 Å². The van der Waals surface area contributed by atoms with Crippen LogP contribution in [0.2, 0.25) is 0 Å². The normalized spacial score (nSPS) is 11.5. The molecule has 3 heteroatoms. The standard InChI is InChI=1S/C19H25N3/c1-15-7-3-5-9-17(15)11-13-21-19(20)22-14-12-18-10-6-4-8-16(18)2/h3-10H,11-14H2,1-2H3,(H3,20,21,22). The summed E-state index contributed by atoms with van der Waals surface area (Å²) in [4.78, 5) is 4.40. The van der Waals surface area contributed by atoms with Gasteiger partial charge in [-0.15, -0.1) is 0 Å². The van der Waals surface area contributed by atoms with E-state index in [9.17, 15) is 0 Å². The van der Waals surface area contributed by atoms with Crippen LogP contribution in [0.5, 0.6) is 0 Å². The summed E-state index contributed by atoms with van der Waals surface area (Å²) < 4.78 is 0. The molecule has 2 aromatic carbocycles.